The molecule has 0 unspecified atom stereocenters. The molecule has 0 saturated carbocycles. The fourth-order valence-electron chi connectivity index (χ4n) is 3.41. The minimum atomic E-state index is -2.98. The van der Waals surface area contributed by atoms with Gasteiger partial charge in [0.1, 0.15) is 5.82 Å². The molecule has 27 heavy (non-hydrogen) atoms. The number of rotatable bonds is 3. The number of amidine groups is 1. The van der Waals surface area contributed by atoms with Crippen LogP contribution in [-0.4, -0.2) is 36.4 Å². The van der Waals surface area contributed by atoms with Crippen LogP contribution in [0.1, 0.15) is 16.7 Å². The third-order valence-corrected chi connectivity index (χ3v) is 8.34. The minimum Gasteiger partial charge on any atom is -0.317 e. The molecule has 2 aliphatic heterocycles. The molecule has 7 heteroatoms. The van der Waals surface area contributed by atoms with Crippen molar-refractivity contribution in [2.24, 2.45) is 4.99 Å². The smallest absolute Gasteiger partial charge is 0.164 e. The molecule has 142 valence electrons. The molecule has 2 aromatic carbocycles. The number of halogens is 1. The lowest BCUT2D eigenvalue weighted by molar-refractivity contribution is 0.601. The second-order valence-electron chi connectivity index (χ2n) is 7.19. The van der Waals surface area contributed by atoms with Gasteiger partial charge in [-0.2, -0.15) is 0 Å². The van der Waals surface area contributed by atoms with Crippen molar-refractivity contribution in [3.63, 3.8) is 0 Å². The first-order valence-corrected chi connectivity index (χ1v) is 11.5. The first-order valence-electron chi connectivity index (χ1n) is 8.85. The van der Waals surface area contributed by atoms with Crippen LogP contribution in [0.5, 0.6) is 0 Å². The Bertz CT molecular complexity index is 1000. The summed E-state index contributed by atoms with van der Waals surface area (Å²) in [6.07, 6.45) is 0. The predicted molar refractivity (Wildman–Crippen MR) is 110 cm³/mol. The number of anilines is 1. The molecule has 0 bridgehead atoms. The number of sulfone groups is 1. The van der Waals surface area contributed by atoms with Crippen molar-refractivity contribution in [2.75, 3.05) is 16.4 Å². The van der Waals surface area contributed by atoms with Crippen molar-refractivity contribution in [3.05, 3.63) is 65.0 Å². The number of nitrogens with zero attached hydrogens (tertiary/aromatic N) is 2. The second-order valence-corrected chi connectivity index (χ2v) is 10.6. The molecule has 1 saturated heterocycles. The lowest BCUT2D eigenvalue weighted by atomic mass is 10.1. The van der Waals surface area contributed by atoms with E-state index < -0.39 is 9.84 Å². The normalized spacial score (nSPS) is 23.1. The second kappa shape index (κ2) is 6.95. The molecule has 0 radical (unpaired) electrons. The summed E-state index contributed by atoms with van der Waals surface area (Å²) in [5, 5.41) is 0.833. The van der Waals surface area contributed by atoms with E-state index in [1.807, 2.05) is 0 Å². The van der Waals surface area contributed by atoms with Gasteiger partial charge in [-0.25, -0.2) is 12.8 Å². The Morgan fingerprint density at radius 3 is 2.52 bits per heavy atom. The molecule has 4 rings (SSSR count). The van der Waals surface area contributed by atoms with E-state index in [0.717, 1.165) is 16.4 Å². The number of thioether (sulfide) groups is 1. The van der Waals surface area contributed by atoms with E-state index in [9.17, 15) is 12.8 Å². The molecule has 2 atom stereocenters. The highest BCUT2D eigenvalue weighted by molar-refractivity contribution is 8.15. The summed E-state index contributed by atoms with van der Waals surface area (Å²) in [5.74, 6) is 0.0572. The first kappa shape index (κ1) is 18.5. The number of fused-ring (bicyclic) bond motifs is 1. The van der Waals surface area contributed by atoms with Crippen LogP contribution in [-0.2, 0) is 16.4 Å². The maximum atomic E-state index is 13.3. The fourth-order valence-corrected chi connectivity index (χ4v) is 7.19. The topological polar surface area (TPSA) is 49.7 Å². The van der Waals surface area contributed by atoms with Crippen molar-refractivity contribution >= 4 is 32.5 Å². The minimum absolute atomic E-state index is 0.00716. The number of aliphatic imine (C=N–C) groups is 1. The molecule has 2 aliphatic rings. The summed E-state index contributed by atoms with van der Waals surface area (Å²) in [5.41, 5.74) is 4.38. The van der Waals surface area contributed by atoms with Crippen molar-refractivity contribution in [1.29, 1.82) is 0 Å². The van der Waals surface area contributed by atoms with Crippen LogP contribution in [0, 0.1) is 19.7 Å². The molecule has 2 aromatic rings. The van der Waals surface area contributed by atoms with Gasteiger partial charge in [0.2, 0.25) is 0 Å². The van der Waals surface area contributed by atoms with Crippen LogP contribution in [0.15, 0.2) is 47.5 Å². The van der Waals surface area contributed by atoms with Crippen LogP contribution >= 0.6 is 11.8 Å². The summed E-state index contributed by atoms with van der Waals surface area (Å²) in [6, 6.07) is 12.5. The highest BCUT2D eigenvalue weighted by Crippen LogP contribution is 2.37. The van der Waals surface area contributed by atoms with E-state index >= 15 is 0 Å². The Kier molecular flexibility index (Phi) is 4.76. The molecule has 0 aliphatic carbocycles. The van der Waals surface area contributed by atoms with Gasteiger partial charge in [0.25, 0.3) is 0 Å². The molecule has 1 fully saturated rings. The SMILES string of the molecule is Cc1ccc(N(Cc2ccc(F)cc2)C2=N[C@H]3CS(=O)(=O)C[C@@H]3S2)cc1C. The molecule has 0 aromatic heterocycles. The Labute approximate surface area is 163 Å². The van der Waals surface area contributed by atoms with Gasteiger partial charge in [0.05, 0.1) is 24.1 Å². The van der Waals surface area contributed by atoms with Gasteiger partial charge >= 0.3 is 0 Å². The zero-order chi connectivity index (χ0) is 19.2. The fraction of sp³-hybridized carbons (Fsp3) is 0.350. The standard InChI is InChI=1S/C20H21FN2O2S2/c1-13-3-8-17(9-14(13)2)23(10-15-4-6-16(21)7-5-15)20-22-18-11-27(24,25)12-19(18)26-20/h3-9,18-19H,10-12H2,1-2H3/t18-,19-/m0/s1. The van der Waals surface area contributed by atoms with Gasteiger partial charge < -0.3 is 4.90 Å². The number of hydrogen-bond donors (Lipinski definition) is 0. The Morgan fingerprint density at radius 1 is 1.11 bits per heavy atom. The van der Waals surface area contributed by atoms with E-state index in [2.05, 4.69) is 36.9 Å². The van der Waals surface area contributed by atoms with Crippen molar-refractivity contribution in [2.45, 2.75) is 31.7 Å². The monoisotopic (exact) mass is 404 g/mol. The number of benzene rings is 2. The van der Waals surface area contributed by atoms with Crippen LogP contribution < -0.4 is 4.90 Å². The van der Waals surface area contributed by atoms with Crippen LogP contribution in [0.4, 0.5) is 10.1 Å². The number of hydrogen-bond acceptors (Lipinski definition) is 5. The highest BCUT2D eigenvalue weighted by atomic mass is 32.2. The summed E-state index contributed by atoms with van der Waals surface area (Å²) in [6.45, 7) is 4.70. The molecule has 2 heterocycles. The number of aryl methyl sites for hydroxylation is 2. The van der Waals surface area contributed by atoms with E-state index in [1.54, 1.807) is 23.9 Å². The largest absolute Gasteiger partial charge is 0.317 e. The van der Waals surface area contributed by atoms with Crippen LogP contribution in [0.2, 0.25) is 0 Å². The molecule has 0 amide bonds. The first-order chi connectivity index (χ1) is 12.8. The van der Waals surface area contributed by atoms with E-state index in [4.69, 9.17) is 4.99 Å². The lowest BCUT2D eigenvalue weighted by Gasteiger charge is -2.25. The van der Waals surface area contributed by atoms with Gasteiger partial charge in [-0.05, 0) is 54.8 Å². The van der Waals surface area contributed by atoms with Gasteiger partial charge in [-0.15, -0.1) is 0 Å². The molecular formula is C20H21FN2O2S2. The van der Waals surface area contributed by atoms with Crippen LogP contribution in [0.25, 0.3) is 0 Å². The molecule has 0 spiro atoms. The molecule has 4 nitrogen and oxygen atoms in total. The van der Waals surface area contributed by atoms with Gasteiger partial charge in [-0.1, -0.05) is 30.0 Å². The van der Waals surface area contributed by atoms with E-state index in [0.29, 0.717) is 6.54 Å². The van der Waals surface area contributed by atoms with Crippen molar-refractivity contribution < 1.29 is 12.8 Å². The molecule has 0 N–H and O–H groups in total. The zero-order valence-electron chi connectivity index (χ0n) is 15.2. The summed E-state index contributed by atoms with van der Waals surface area (Å²) >= 11 is 1.54. The Morgan fingerprint density at radius 2 is 1.85 bits per heavy atom. The van der Waals surface area contributed by atoms with Crippen molar-refractivity contribution in [3.8, 4) is 0 Å². The Balaban J connectivity index is 1.68. The maximum absolute atomic E-state index is 13.3. The van der Waals surface area contributed by atoms with E-state index in [1.165, 1.54) is 23.3 Å². The van der Waals surface area contributed by atoms with Crippen LogP contribution in [0.3, 0.4) is 0 Å². The van der Waals surface area contributed by atoms with Crippen molar-refractivity contribution in [1.82, 2.24) is 0 Å². The highest BCUT2D eigenvalue weighted by Gasteiger charge is 2.44. The third kappa shape index (κ3) is 3.89. The average molecular weight is 405 g/mol. The average Bonchev–Trinajstić information content (AvgIpc) is 3.10. The third-order valence-electron chi connectivity index (χ3n) is 5.09. The zero-order valence-corrected chi connectivity index (χ0v) is 16.9. The van der Waals surface area contributed by atoms with E-state index in [-0.39, 0.29) is 28.6 Å². The maximum Gasteiger partial charge on any atom is 0.164 e. The summed E-state index contributed by atoms with van der Waals surface area (Å²) in [7, 11) is -2.98. The summed E-state index contributed by atoms with van der Waals surface area (Å²) < 4.78 is 37.0. The Hall–Kier alpha value is -1.86. The molecular weight excluding hydrogens is 383 g/mol. The van der Waals surface area contributed by atoms with Gasteiger partial charge in [0.15, 0.2) is 15.0 Å². The lowest BCUT2D eigenvalue weighted by Crippen LogP contribution is -2.28. The quantitative estimate of drug-likeness (QED) is 0.782. The van der Waals surface area contributed by atoms with Gasteiger partial charge in [0, 0.05) is 10.9 Å². The van der Waals surface area contributed by atoms with Gasteiger partial charge in [-0.3, -0.25) is 4.99 Å². The predicted octanol–water partition coefficient (Wildman–Crippen LogP) is 3.72. The summed E-state index contributed by atoms with van der Waals surface area (Å²) in [4.78, 5) is 6.85.